The largest absolute Gasteiger partial charge is 0.338 e. The lowest BCUT2D eigenvalue weighted by Gasteiger charge is -2.30. The van der Waals surface area contributed by atoms with Crippen molar-refractivity contribution in [3.05, 3.63) is 62.7 Å². The summed E-state index contributed by atoms with van der Waals surface area (Å²) in [5.74, 6) is -2.53. The van der Waals surface area contributed by atoms with Gasteiger partial charge in [0.25, 0.3) is 5.69 Å². The van der Waals surface area contributed by atoms with E-state index in [-0.39, 0.29) is 34.5 Å². The molecule has 0 saturated heterocycles. The van der Waals surface area contributed by atoms with Gasteiger partial charge in [-0.3, -0.25) is 19.7 Å². The molecule has 0 spiro atoms. The smallest absolute Gasteiger partial charge is 0.318 e. The molecule has 0 radical (unpaired) electrons. The van der Waals surface area contributed by atoms with Crippen molar-refractivity contribution in [3.8, 4) is 11.1 Å². The molecule has 1 atom stereocenters. The predicted octanol–water partition coefficient (Wildman–Crippen LogP) is 8.29. The van der Waals surface area contributed by atoms with E-state index in [4.69, 9.17) is 9.68 Å². The Balaban J connectivity index is 1.69. The van der Waals surface area contributed by atoms with Crippen LogP contribution in [0, 0.1) is 22.0 Å². The third-order valence-electron chi connectivity index (χ3n) is 9.97. The zero-order valence-electron chi connectivity index (χ0n) is 28.7. The Morgan fingerprint density at radius 1 is 0.875 bits per heavy atom. The van der Waals surface area contributed by atoms with Crippen LogP contribution in [0.2, 0.25) is 0 Å². The van der Waals surface area contributed by atoms with Crippen molar-refractivity contribution in [2.24, 2.45) is 22.1 Å². The van der Waals surface area contributed by atoms with Crippen LogP contribution in [0.3, 0.4) is 0 Å². The molecule has 2 aromatic carbocycles. The summed E-state index contributed by atoms with van der Waals surface area (Å²) in [5.41, 5.74) is 1.62. The molecule has 4 rings (SSSR count). The molecule has 48 heavy (non-hydrogen) atoms. The fraction of sp³-hybridized carbons (Fsp3) is 0.514. The number of rotatable bonds is 14. The van der Waals surface area contributed by atoms with Crippen LogP contribution in [0.4, 0.5) is 5.69 Å². The predicted molar refractivity (Wildman–Crippen MR) is 182 cm³/mol. The average molecular weight is 660 g/mol. The van der Waals surface area contributed by atoms with E-state index in [1.54, 1.807) is 24.3 Å². The molecule has 11 heteroatoms. The molecular weight excluding hydrogens is 614 g/mol. The van der Waals surface area contributed by atoms with Gasteiger partial charge in [0.1, 0.15) is 11.4 Å². The number of carbonyl (C=O) groups excluding carboxylic acids is 4. The van der Waals surface area contributed by atoms with Crippen molar-refractivity contribution < 1.29 is 33.8 Å². The molecule has 0 amide bonds. The number of benzene rings is 2. The zero-order chi connectivity index (χ0) is 35.2. The first-order chi connectivity index (χ1) is 22.9. The maximum atomic E-state index is 13.6. The summed E-state index contributed by atoms with van der Waals surface area (Å²) in [6.45, 7) is 10.7. The normalized spacial score (nSPS) is 16.5. The lowest BCUT2D eigenvalue weighted by atomic mass is 9.73. The maximum absolute atomic E-state index is 13.6. The number of fused-ring (bicyclic) bond motifs is 3. The van der Waals surface area contributed by atoms with Crippen LogP contribution in [-0.2, 0) is 24.7 Å². The fourth-order valence-corrected chi connectivity index (χ4v) is 7.07. The van der Waals surface area contributed by atoms with Crippen LogP contribution in [0.15, 0.2) is 40.6 Å². The summed E-state index contributed by atoms with van der Waals surface area (Å²) in [4.78, 5) is 74.2. The van der Waals surface area contributed by atoms with Crippen LogP contribution in [0.5, 0.6) is 0 Å². The molecule has 0 aromatic heterocycles. The van der Waals surface area contributed by atoms with Crippen LogP contribution in [-0.4, -0.2) is 39.9 Å². The molecule has 1 fully saturated rings. The summed E-state index contributed by atoms with van der Waals surface area (Å²) in [6.07, 6.45) is 7.55. The van der Waals surface area contributed by atoms with Crippen LogP contribution in [0.1, 0.15) is 138 Å². The van der Waals surface area contributed by atoms with E-state index in [0.717, 1.165) is 44.1 Å². The standard InChI is InChI=1S/C37H45N3O8/c1-7-14-24(8-2)35(43)47-38-22(5)33(41)26-17-18-28-29(19-26)37(9-3,10-4)30-20-27(21-31(32(28)30)40(45)46)34(42)23(6)39-48-36(44)25-15-12-11-13-16-25/h17-21,24-25H,7-16H2,1-6H3/b38-22+,39-23+. The van der Waals surface area contributed by atoms with Gasteiger partial charge in [0.15, 0.2) is 0 Å². The molecular formula is C37H45N3O8. The van der Waals surface area contributed by atoms with Crippen molar-refractivity contribution in [2.75, 3.05) is 0 Å². The van der Waals surface area contributed by atoms with E-state index in [2.05, 4.69) is 10.3 Å². The first kappa shape index (κ1) is 36.3. The first-order valence-electron chi connectivity index (χ1n) is 17.0. The second-order valence-electron chi connectivity index (χ2n) is 12.8. The number of oxime groups is 2. The molecule has 0 heterocycles. The minimum Gasteiger partial charge on any atom is -0.318 e. The van der Waals surface area contributed by atoms with Gasteiger partial charge in [-0.1, -0.05) is 75.8 Å². The first-order valence-corrected chi connectivity index (χ1v) is 17.0. The monoisotopic (exact) mass is 659 g/mol. The summed E-state index contributed by atoms with van der Waals surface area (Å²) in [5, 5.41) is 20.1. The lowest BCUT2D eigenvalue weighted by molar-refractivity contribution is -0.384. The van der Waals surface area contributed by atoms with Crippen LogP contribution < -0.4 is 0 Å². The Morgan fingerprint density at radius 2 is 1.48 bits per heavy atom. The second kappa shape index (κ2) is 15.6. The number of ketones is 2. The van der Waals surface area contributed by atoms with Gasteiger partial charge in [-0.25, -0.2) is 9.59 Å². The lowest BCUT2D eigenvalue weighted by Crippen LogP contribution is -2.25. The molecule has 11 nitrogen and oxygen atoms in total. The summed E-state index contributed by atoms with van der Waals surface area (Å²) >= 11 is 0. The van der Waals surface area contributed by atoms with Gasteiger partial charge in [0.2, 0.25) is 11.6 Å². The number of nitro groups is 1. The number of hydrogen-bond donors (Lipinski definition) is 0. The average Bonchev–Trinajstić information content (AvgIpc) is 3.39. The van der Waals surface area contributed by atoms with Crippen LogP contribution >= 0.6 is 0 Å². The molecule has 2 aromatic rings. The molecule has 1 saturated carbocycles. The number of carbonyl (C=O) groups is 4. The highest BCUT2D eigenvalue weighted by Crippen LogP contribution is 2.56. The van der Waals surface area contributed by atoms with E-state index in [1.165, 1.54) is 19.9 Å². The minimum atomic E-state index is -0.744. The van der Waals surface area contributed by atoms with E-state index in [1.807, 2.05) is 27.7 Å². The summed E-state index contributed by atoms with van der Waals surface area (Å²) in [6, 6.07) is 7.89. The van der Waals surface area contributed by atoms with Gasteiger partial charge < -0.3 is 9.68 Å². The fourth-order valence-electron chi connectivity index (χ4n) is 7.07. The highest BCUT2D eigenvalue weighted by atomic mass is 16.7. The molecule has 0 aliphatic heterocycles. The third kappa shape index (κ3) is 7.15. The van der Waals surface area contributed by atoms with Gasteiger partial charge in [-0.15, -0.1) is 0 Å². The van der Waals surface area contributed by atoms with Gasteiger partial charge in [0, 0.05) is 22.6 Å². The SMILES string of the molecule is CCCC(CC)C(=O)O/N=C(\C)C(=O)c1ccc2c(c1)C(CC)(CC)c1cc(C(=O)/C(C)=N/OC(=O)C3CCCCC3)cc([N+](=O)[O-])c1-2. The highest BCUT2D eigenvalue weighted by Gasteiger charge is 2.45. The van der Waals surface area contributed by atoms with Crippen molar-refractivity contribution in [1.29, 1.82) is 0 Å². The van der Waals surface area contributed by atoms with Gasteiger partial charge in [-0.2, -0.15) is 0 Å². The zero-order valence-corrected chi connectivity index (χ0v) is 28.7. The van der Waals surface area contributed by atoms with Gasteiger partial charge in [-0.05, 0) is 81.2 Å². The van der Waals surface area contributed by atoms with Gasteiger partial charge >= 0.3 is 11.9 Å². The molecule has 2 aliphatic rings. The number of nitro benzene ring substituents is 1. The minimum absolute atomic E-state index is 0.00146. The van der Waals surface area contributed by atoms with E-state index >= 15 is 0 Å². The summed E-state index contributed by atoms with van der Waals surface area (Å²) in [7, 11) is 0. The Labute approximate surface area is 281 Å². The number of nitrogens with zero attached hydrogens (tertiary/aromatic N) is 3. The number of hydrogen-bond acceptors (Lipinski definition) is 10. The van der Waals surface area contributed by atoms with E-state index < -0.39 is 33.8 Å². The second-order valence-corrected chi connectivity index (χ2v) is 12.8. The maximum Gasteiger partial charge on any atom is 0.338 e. The molecule has 2 aliphatic carbocycles. The topological polar surface area (TPSA) is 155 Å². The molecule has 0 bridgehead atoms. The molecule has 256 valence electrons. The Morgan fingerprint density at radius 3 is 2.06 bits per heavy atom. The summed E-state index contributed by atoms with van der Waals surface area (Å²) < 4.78 is 0. The van der Waals surface area contributed by atoms with Crippen LogP contribution in [0.25, 0.3) is 11.1 Å². The number of Topliss-reactive ketones (excluding diaryl/α,β-unsaturated/α-hetero) is 2. The third-order valence-corrected chi connectivity index (χ3v) is 9.97. The molecule has 1 unspecified atom stereocenters. The van der Waals surface area contributed by atoms with Crippen molar-refractivity contribution in [2.45, 2.75) is 111 Å². The van der Waals surface area contributed by atoms with E-state index in [9.17, 15) is 29.3 Å². The Hall–Kier alpha value is -4.54. The van der Waals surface area contributed by atoms with Crippen molar-refractivity contribution in [1.82, 2.24) is 0 Å². The quantitative estimate of drug-likeness (QED) is 0.0645. The highest BCUT2D eigenvalue weighted by molar-refractivity contribution is 6.45. The van der Waals surface area contributed by atoms with Crippen molar-refractivity contribution >= 4 is 40.6 Å². The van der Waals surface area contributed by atoms with Gasteiger partial charge in [0.05, 0.1) is 22.3 Å². The molecule has 0 N–H and O–H groups in total. The van der Waals surface area contributed by atoms with Crippen molar-refractivity contribution in [3.63, 3.8) is 0 Å². The Bertz CT molecular complexity index is 1660. The Kier molecular flexibility index (Phi) is 11.8. The van der Waals surface area contributed by atoms with E-state index in [0.29, 0.717) is 47.9 Å².